The van der Waals surface area contributed by atoms with Crippen LogP contribution in [0.2, 0.25) is 0 Å². The van der Waals surface area contributed by atoms with Crippen LogP contribution in [0.5, 0.6) is 5.75 Å². The lowest BCUT2D eigenvalue weighted by Crippen LogP contribution is -2.42. The minimum atomic E-state index is -0.00222. The molecule has 0 aliphatic rings. The van der Waals surface area contributed by atoms with Crippen molar-refractivity contribution in [3.63, 3.8) is 0 Å². The van der Waals surface area contributed by atoms with Gasteiger partial charge in [0.15, 0.2) is 0 Å². The standard InChI is InChI=1S/C17H24N4O2/c1-4-23-15-7-5-14(6-8-15)11-17(22)20-16(13(2)3)12-21-18-9-10-19-21/h5-10,13,16H,4,11-12H2,1-3H3,(H,20,22). The van der Waals surface area contributed by atoms with E-state index < -0.39 is 0 Å². The van der Waals surface area contributed by atoms with Gasteiger partial charge in [-0.25, -0.2) is 0 Å². The van der Waals surface area contributed by atoms with Crippen molar-refractivity contribution < 1.29 is 9.53 Å². The molecular formula is C17H24N4O2. The summed E-state index contributed by atoms with van der Waals surface area (Å²) >= 11 is 0. The highest BCUT2D eigenvalue weighted by Gasteiger charge is 2.17. The molecule has 23 heavy (non-hydrogen) atoms. The normalized spacial score (nSPS) is 12.2. The van der Waals surface area contributed by atoms with Crippen LogP contribution in [0.25, 0.3) is 0 Å². The molecule has 2 aromatic rings. The molecule has 0 aliphatic carbocycles. The van der Waals surface area contributed by atoms with Gasteiger partial charge in [-0.05, 0) is 30.5 Å². The van der Waals surface area contributed by atoms with E-state index in [0.717, 1.165) is 11.3 Å². The SMILES string of the molecule is CCOc1ccc(CC(=O)NC(Cn2nccn2)C(C)C)cc1. The van der Waals surface area contributed by atoms with Crippen molar-refractivity contribution >= 4 is 5.91 Å². The molecule has 1 unspecified atom stereocenters. The quantitative estimate of drug-likeness (QED) is 0.809. The first-order chi connectivity index (χ1) is 11.1. The van der Waals surface area contributed by atoms with Gasteiger partial charge in [0.1, 0.15) is 5.75 Å². The van der Waals surface area contributed by atoms with Crippen LogP contribution in [0.1, 0.15) is 26.3 Å². The van der Waals surface area contributed by atoms with Crippen LogP contribution in [0.4, 0.5) is 0 Å². The molecule has 1 atom stereocenters. The van der Waals surface area contributed by atoms with Crippen molar-refractivity contribution in [1.29, 1.82) is 0 Å². The Labute approximate surface area is 136 Å². The molecular weight excluding hydrogens is 292 g/mol. The largest absolute Gasteiger partial charge is 0.494 e. The molecule has 0 radical (unpaired) electrons. The van der Waals surface area contributed by atoms with Crippen molar-refractivity contribution in [1.82, 2.24) is 20.3 Å². The summed E-state index contributed by atoms with van der Waals surface area (Å²) in [5.74, 6) is 1.12. The molecule has 1 amide bonds. The Morgan fingerprint density at radius 3 is 2.43 bits per heavy atom. The van der Waals surface area contributed by atoms with Crippen LogP contribution in [0.3, 0.4) is 0 Å². The van der Waals surface area contributed by atoms with Gasteiger partial charge in [0.05, 0.1) is 38.0 Å². The third-order valence-electron chi connectivity index (χ3n) is 3.58. The second-order valence-corrected chi connectivity index (χ2v) is 5.76. The molecule has 6 heteroatoms. The van der Waals surface area contributed by atoms with E-state index in [-0.39, 0.29) is 11.9 Å². The van der Waals surface area contributed by atoms with E-state index in [4.69, 9.17) is 4.74 Å². The fourth-order valence-corrected chi connectivity index (χ4v) is 2.25. The average molecular weight is 316 g/mol. The first kappa shape index (κ1) is 17.0. The van der Waals surface area contributed by atoms with Gasteiger partial charge in [0.2, 0.25) is 5.91 Å². The summed E-state index contributed by atoms with van der Waals surface area (Å²) in [5.41, 5.74) is 0.964. The Kier molecular flexibility index (Phi) is 6.14. The summed E-state index contributed by atoms with van der Waals surface area (Å²) in [6, 6.07) is 7.62. The maximum Gasteiger partial charge on any atom is 0.224 e. The van der Waals surface area contributed by atoms with E-state index in [9.17, 15) is 4.79 Å². The smallest absolute Gasteiger partial charge is 0.224 e. The Hall–Kier alpha value is -2.37. The molecule has 1 aromatic heterocycles. The third kappa shape index (κ3) is 5.39. The van der Waals surface area contributed by atoms with Crippen molar-refractivity contribution in [2.24, 2.45) is 5.92 Å². The fourth-order valence-electron chi connectivity index (χ4n) is 2.25. The van der Waals surface area contributed by atoms with Crippen LogP contribution >= 0.6 is 0 Å². The van der Waals surface area contributed by atoms with Crippen LogP contribution in [0, 0.1) is 5.92 Å². The maximum absolute atomic E-state index is 12.3. The van der Waals surface area contributed by atoms with Crippen molar-refractivity contribution in [3.05, 3.63) is 42.2 Å². The number of carbonyl (C=O) groups excluding carboxylic acids is 1. The van der Waals surface area contributed by atoms with E-state index in [2.05, 4.69) is 29.4 Å². The number of benzene rings is 1. The zero-order valence-electron chi connectivity index (χ0n) is 13.9. The second kappa shape index (κ2) is 8.31. The van der Waals surface area contributed by atoms with Gasteiger partial charge < -0.3 is 10.1 Å². The summed E-state index contributed by atoms with van der Waals surface area (Å²) in [6.45, 7) is 7.30. The minimum Gasteiger partial charge on any atom is -0.494 e. The first-order valence-corrected chi connectivity index (χ1v) is 7.93. The predicted molar refractivity (Wildman–Crippen MR) is 88.1 cm³/mol. The molecule has 0 saturated carbocycles. The van der Waals surface area contributed by atoms with E-state index >= 15 is 0 Å². The number of aromatic nitrogens is 3. The molecule has 0 bridgehead atoms. The molecule has 1 aromatic carbocycles. The lowest BCUT2D eigenvalue weighted by atomic mass is 10.0. The number of carbonyl (C=O) groups is 1. The number of hydrogen-bond acceptors (Lipinski definition) is 4. The molecule has 6 nitrogen and oxygen atoms in total. The molecule has 2 rings (SSSR count). The summed E-state index contributed by atoms with van der Waals surface area (Å²) in [6.07, 6.45) is 3.63. The monoisotopic (exact) mass is 316 g/mol. The van der Waals surface area contributed by atoms with Gasteiger partial charge in [-0.3, -0.25) is 4.79 Å². The molecule has 0 aliphatic heterocycles. The van der Waals surface area contributed by atoms with Crippen molar-refractivity contribution in [2.45, 2.75) is 39.8 Å². The van der Waals surface area contributed by atoms with Crippen molar-refractivity contribution in [2.75, 3.05) is 6.61 Å². The Morgan fingerprint density at radius 1 is 1.22 bits per heavy atom. The number of rotatable bonds is 8. The molecule has 0 saturated heterocycles. The van der Waals surface area contributed by atoms with Gasteiger partial charge in [-0.1, -0.05) is 26.0 Å². The molecule has 1 heterocycles. The van der Waals surface area contributed by atoms with Crippen LogP contribution in [-0.2, 0) is 17.8 Å². The lowest BCUT2D eigenvalue weighted by Gasteiger charge is -2.21. The Bertz CT molecular complexity index is 594. The number of hydrogen-bond donors (Lipinski definition) is 1. The summed E-state index contributed by atoms with van der Waals surface area (Å²) in [4.78, 5) is 13.9. The van der Waals surface area contributed by atoms with Gasteiger partial charge in [0.25, 0.3) is 0 Å². The third-order valence-corrected chi connectivity index (χ3v) is 3.58. The van der Waals surface area contributed by atoms with Gasteiger partial charge in [-0.2, -0.15) is 15.0 Å². The highest BCUT2D eigenvalue weighted by Crippen LogP contribution is 2.13. The summed E-state index contributed by atoms with van der Waals surface area (Å²) in [5, 5.41) is 11.3. The van der Waals surface area contributed by atoms with Gasteiger partial charge in [-0.15, -0.1) is 0 Å². The number of nitrogens with one attached hydrogen (secondary N) is 1. The zero-order valence-corrected chi connectivity index (χ0v) is 13.9. The molecule has 1 N–H and O–H groups in total. The highest BCUT2D eigenvalue weighted by molar-refractivity contribution is 5.78. The second-order valence-electron chi connectivity index (χ2n) is 5.76. The van der Waals surface area contributed by atoms with E-state index in [1.54, 1.807) is 17.2 Å². The van der Waals surface area contributed by atoms with E-state index in [1.807, 2.05) is 31.2 Å². The average Bonchev–Trinajstić information content (AvgIpc) is 3.02. The van der Waals surface area contributed by atoms with Crippen LogP contribution in [0.15, 0.2) is 36.7 Å². The highest BCUT2D eigenvalue weighted by atomic mass is 16.5. The van der Waals surface area contributed by atoms with Crippen LogP contribution in [-0.4, -0.2) is 33.5 Å². The van der Waals surface area contributed by atoms with Gasteiger partial charge >= 0.3 is 0 Å². The van der Waals surface area contributed by atoms with E-state index in [0.29, 0.717) is 25.5 Å². The first-order valence-electron chi connectivity index (χ1n) is 7.93. The number of amides is 1. The molecule has 0 spiro atoms. The lowest BCUT2D eigenvalue weighted by molar-refractivity contribution is -0.121. The number of ether oxygens (including phenoxy) is 1. The Balaban J connectivity index is 1.90. The summed E-state index contributed by atoms with van der Waals surface area (Å²) in [7, 11) is 0. The van der Waals surface area contributed by atoms with Gasteiger partial charge in [0, 0.05) is 0 Å². The van der Waals surface area contributed by atoms with E-state index in [1.165, 1.54) is 0 Å². The number of nitrogens with zero attached hydrogens (tertiary/aromatic N) is 3. The maximum atomic E-state index is 12.3. The Morgan fingerprint density at radius 2 is 1.87 bits per heavy atom. The fraction of sp³-hybridized carbons (Fsp3) is 0.471. The minimum absolute atomic E-state index is 0.0000148. The summed E-state index contributed by atoms with van der Waals surface area (Å²) < 4.78 is 5.40. The molecule has 0 fully saturated rings. The predicted octanol–water partition coefficient (Wildman–Crippen LogP) is 2.06. The zero-order chi connectivity index (χ0) is 16.7. The van der Waals surface area contributed by atoms with Crippen molar-refractivity contribution in [3.8, 4) is 5.75 Å². The topological polar surface area (TPSA) is 69.0 Å². The van der Waals surface area contributed by atoms with Crippen LogP contribution < -0.4 is 10.1 Å². The molecule has 124 valence electrons.